The molecule has 0 unspecified atom stereocenters. The Bertz CT molecular complexity index is 1050. The number of aryl methyl sites for hydroxylation is 1. The molecule has 2 aromatic carbocycles. The molecule has 27 heavy (non-hydrogen) atoms. The third-order valence-electron chi connectivity index (χ3n) is 4.40. The first-order valence-electron chi connectivity index (χ1n) is 8.33. The SMILES string of the molecule is CCc1cc2c(=O)c(C)c(-c3ccccc3OC(F)(F)F)[nH]c2cc1OC. The number of aromatic amines is 1. The van der Waals surface area contributed by atoms with Crippen molar-refractivity contribution in [1.29, 1.82) is 0 Å². The Morgan fingerprint density at radius 1 is 1.11 bits per heavy atom. The summed E-state index contributed by atoms with van der Waals surface area (Å²) in [5.41, 5.74) is 1.86. The van der Waals surface area contributed by atoms with E-state index in [4.69, 9.17) is 4.74 Å². The van der Waals surface area contributed by atoms with E-state index in [0.717, 1.165) is 5.56 Å². The van der Waals surface area contributed by atoms with Gasteiger partial charge in [0.25, 0.3) is 0 Å². The van der Waals surface area contributed by atoms with E-state index in [1.807, 2.05) is 6.92 Å². The number of benzene rings is 2. The topological polar surface area (TPSA) is 51.3 Å². The van der Waals surface area contributed by atoms with Crippen molar-refractivity contribution < 1.29 is 22.6 Å². The molecule has 3 rings (SSSR count). The fraction of sp³-hybridized carbons (Fsp3) is 0.250. The van der Waals surface area contributed by atoms with E-state index in [1.54, 1.807) is 25.1 Å². The standard InChI is InChI=1S/C20H18F3NO3/c1-4-12-9-14-15(10-17(12)26-3)24-18(11(2)19(14)25)13-7-5-6-8-16(13)27-20(21,22)23/h5-10H,4H2,1-3H3,(H,24,25). The first-order valence-corrected chi connectivity index (χ1v) is 8.33. The van der Waals surface area contributed by atoms with Crippen LogP contribution in [0.3, 0.4) is 0 Å². The normalized spacial score (nSPS) is 11.6. The molecule has 0 aliphatic carbocycles. The van der Waals surface area contributed by atoms with E-state index in [-0.39, 0.29) is 22.4 Å². The van der Waals surface area contributed by atoms with Gasteiger partial charge in [0.2, 0.25) is 0 Å². The number of ether oxygens (including phenoxy) is 2. The number of rotatable bonds is 4. The van der Waals surface area contributed by atoms with E-state index >= 15 is 0 Å². The van der Waals surface area contributed by atoms with Gasteiger partial charge in [-0.3, -0.25) is 4.79 Å². The number of halogens is 3. The first-order chi connectivity index (χ1) is 12.7. The molecule has 0 bridgehead atoms. The van der Waals surface area contributed by atoms with Gasteiger partial charge in [-0.15, -0.1) is 13.2 Å². The maximum atomic E-state index is 12.9. The summed E-state index contributed by atoms with van der Waals surface area (Å²) in [5, 5.41) is 0.461. The molecule has 1 heterocycles. The van der Waals surface area contributed by atoms with Gasteiger partial charge in [0.1, 0.15) is 11.5 Å². The largest absolute Gasteiger partial charge is 0.573 e. The molecular formula is C20H18F3NO3. The van der Waals surface area contributed by atoms with Gasteiger partial charge in [0, 0.05) is 22.6 Å². The number of nitrogens with one attached hydrogen (secondary N) is 1. The highest BCUT2D eigenvalue weighted by molar-refractivity contribution is 5.86. The summed E-state index contributed by atoms with van der Waals surface area (Å²) >= 11 is 0. The van der Waals surface area contributed by atoms with Crippen LogP contribution in [0.4, 0.5) is 13.2 Å². The number of methoxy groups -OCH3 is 1. The Kier molecular flexibility index (Phi) is 4.87. The fourth-order valence-electron chi connectivity index (χ4n) is 3.08. The van der Waals surface area contributed by atoms with Gasteiger partial charge in [0.05, 0.1) is 18.3 Å². The Balaban J connectivity index is 2.28. The summed E-state index contributed by atoms with van der Waals surface area (Å²) in [5.74, 6) is 0.232. The highest BCUT2D eigenvalue weighted by atomic mass is 19.4. The third-order valence-corrected chi connectivity index (χ3v) is 4.40. The minimum absolute atomic E-state index is 0.157. The van der Waals surface area contributed by atoms with Crippen LogP contribution >= 0.6 is 0 Å². The Morgan fingerprint density at radius 3 is 2.44 bits per heavy atom. The van der Waals surface area contributed by atoms with Crippen LogP contribution in [-0.2, 0) is 6.42 Å². The van der Waals surface area contributed by atoms with Gasteiger partial charge in [-0.1, -0.05) is 19.1 Å². The fourth-order valence-corrected chi connectivity index (χ4v) is 3.08. The maximum Gasteiger partial charge on any atom is 0.573 e. The second-order valence-electron chi connectivity index (χ2n) is 6.06. The first kappa shape index (κ1) is 18.8. The number of H-pyrrole nitrogens is 1. The smallest absolute Gasteiger partial charge is 0.496 e. The molecule has 0 amide bonds. The molecule has 0 saturated carbocycles. The molecule has 7 heteroatoms. The van der Waals surface area contributed by atoms with Crippen molar-refractivity contribution in [3.63, 3.8) is 0 Å². The second-order valence-corrected chi connectivity index (χ2v) is 6.06. The van der Waals surface area contributed by atoms with Crippen molar-refractivity contribution in [2.24, 2.45) is 0 Å². The van der Waals surface area contributed by atoms with Crippen molar-refractivity contribution in [3.8, 4) is 22.8 Å². The molecular weight excluding hydrogens is 359 g/mol. The molecule has 0 radical (unpaired) electrons. The predicted octanol–water partition coefficient (Wildman–Crippen LogP) is 4.97. The van der Waals surface area contributed by atoms with Crippen molar-refractivity contribution >= 4 is 10.9 Å². The lowest BCUT2D eigenvalue weighted by Gasteiger charge is -2.16. The number of alkyl halides is 3. The molecule has 0 spiro atoms. The number of para-hydroxylation sites is 1. The van der Waals surface area contributed by atoms with Crippen LogP contribution in [0.5, 0.6) is 11.5 Å². The highest BCUT2D eigenvalue weighted by Gasteiger charge is 2.32. The van der Waals surface area contributed by atoms with Gasteiger partial charge < -0.3 is 14.5 Å². The number of hydrogen-bond donors (Lipinski definition) is 1. The lowest BCUT2D eigenvalue weighted by atomic mass is 10.0. The number of aromatic nitrogens is 1. The second kappa shape index (κ2) is 6.98. The lowest BCUT2D eigenvalue weighted by Crippen LogP contribution is -2.18. The minimum atomic E-state index is -4.83. The van der Waals surface area contributed by atoms with Gasteiger partial charge in [-0.05, 0) is 37.1 Å². The van der Waals surface area contributed by atoms with E-state index in [1.165, 1.54) is 25.3 Å². The molecule has 3 aromatic rings. The summed E-state index contributed by atoms with van der Waals surface area (Å²) in [4.78, 5) is 15.9. The van der Waals surface area contributed by atoms with Crippen LogP contribution in [-0.4, -0.2) is 18.5 Å². The molecule has 142 valence electrons. The summed E-state index contributed by atoms with van der Waals surface area (Å²) in [7, 11) is 1.53. The van der Waals surface area contributed by atoms with Gasteiger partial charge in [-0.25, -0.2) is 0 Å². The number of pyridine rings is 1. The molecule has 4 nitrogen and oxygen atoms in total. The molecule has 1 N–H and O–H groups in total. The highest BCUT2D eigenvalue weighted by Crippen LogP contribution is 2.35. The number of fused-ring (bicyclic) bond motifs is 1. The van der Waals surface area contributed by atoms with E-state index in [2.05, 4.69) is 9.72 Å². The van der Waals surface area contributed by atoms with Gasteiger partial charge >= 0.3 is 6.36 Å². The summed E-state index contributed by atoms with van der Waals surface area (Å²) in [6.07, 6.45) is -4.15. The van der Waals surface area contributed by atoms with Crippen molar-refractivity contribution in [2.75, 3.05) is 7.11 Å². The molecule has 0 aliphatic rings. The van der Waals surface area contributed by atoms with Crippen molar-refractivity contribution in [2.45, 2.75) is 26.6 Å². The minimum Gasteiger partial charge on any atom is -0.496 e. The zero-order valence-corrected chi connectivity index (χ0v) is 15.0. The number of hydrogen-bond acceptors (Lipinski definition) is 3. The quantitative estimate of drug-likeness (QED) is 0.698. The van der Waals surface area contributed by atoms with Gasteiger partial charge in [0.15, 0.2) is 5.43 Å². The average Bonchev–Trinajstić information content (AvgIpc) is 2.63. The molecule has 0 atom stereocenters. The molecule has 0 saturated heterocycles. The Hall–Kier alpha value is -2.96. The maximum absolute atomic E-state index is 12.9. The van der Waals surface area contributed by atoms with E-state index in [0.29, 0.717) is 28.6 Å². The van der Waals surface area contributed by atoms with Gasteiger partial charge in [-0.2, -0.15) is 0 Å². The molecule has 1 aromatic heterocycles. The summed E-state index contributed by atoms with van der Waals surface area (Å²) in [6.45, 7) is 3.53. The third kappa shape index (κ3) is 3.63. The van der Waals surface area contributed by atoms with Crippen LogP contribution in [0, 0.1) is 6.92 Å². The van der Waals surface area contributed by atoms with Crippen molar-refractivity contribution in [1.82, 2.24) is 4.98 Å². The zero-order valence-electron chi connectivity index (χ0n) is 15.0. The summed E-state index contributed by atoms with van der Waals surface area (Å²) in [6, 6.07) is 9.15. The zero-order chi connectivity index (χ0) is 19.8. The predicted molar refractivity (Wildman–Crippen MR) is 97.4 cm³/mol. The average molecular weight is 377 g/mol. The van der Waals surface area contributed by atoms with Crippen LogP contribution in [0.15, 0.2) is 41.2 Å². The van der Waals surface area contributed by atoms with Crippen LogP contribution < -0.4 is 14.9 Å². The van der Waals surface area contributed by atoms with E-state index < -0.39 is 6.36 Å². The lowest BCUT2D eigenvalue weighted by molar-refractivity contribution is -0.274. The van der Waals surface area contributed by atoms with Crippen LogP contribution in [0.25, 0.3) is 22.2 Å². The Morgan fingerprint density at radius 2 is 1.81 bits per heavy atom. The molecule has 0 fully saturated rings. The van der Waals surface area contributed by atoms with E-state index in [9.17, 15) is 18.0 Å². The molecule has 0 aliphatic heterocycles. The Labute approximate surface area is 153 Å². The summed E-state index contributed by atoms with van der Waals surface area (Å²) < 4.78 is 47.7. The van der Waals surface area contributed by atoms with Crippen LogP contribution in [0.1, 0.15) is 18.1 Å². The van der Waals surface area contributed by atoms with Crippen molar-refractivity contribution in [3.05, 3.63) is 57.7 Å². The monoisotopic (exact) mass is 377 g/mol. The van der Waals surface area contributed by atoms with Crippen LogP contribution in [0.2, 0.25) is 0 Å².